The molecule has 122 valence electrons. The first-order chi connectivity index (χ1) is 11.2. The van der Waals surface area contributed by atoms with E-state index in [1.54, 1.807) is 0 Å². The normalized spacial score (nSPS) is 20.5. The Labute approximate surface area is 135 Å². The van der Waals surface area contributed by atoms with Gasteiger partial charge in [-0.15, -0.1) is 0 Å². The van der Waals surface area contributed by atoms with E-state index in [1.807, 2.05) is 47.0 Å². The average molecular weight is 314 g/mol. The molecular formula is C18H22N2O3. The average Bonchev–Trinajstić information content (AvgIpc) is 3.23. The number of aryl methyl sites for hydroxylation is 1. The van der Waals surface area contributed by atoms with E-state index in [2.05, 4.69) is 0 Å². The lowest BCUT2D eigenvalue weighted by Crippen LogP contribution is -2.41. The van der Waals surface area contributed by atoms with Gasteiger partial charge in [-0.1, -0.05) is 18.2 Å². The van der Waals surface area contributed by atoms with Crippen molar-refractivity contribution in [3.05, 3.63) is 36.0 Å². The highest BCUT2D eigenvalue weighted by Crippen LogP contribution is 2.28. The molecule has 2 aliphatic rings. The Morgan fingerprint density at radius 3 is 2.57 bits per heavy atom. The molecule has 2 fully saturated rings. The Morgan fingerprint density at radius 2 is 1.83 bits per heavy atom. The van der Waals surface area contributed by atoms with Gasteiger partial charge in [0.05, 0.1) is 18.8 Å². The molecule has 1 aromatic heterocycles. The van der Waals surface area contributed by atoms with Crippen LogP contribution in [0.5, 0.6) is 0 Å². The number of ether oxygens (including phenoxy) is 2. The molecule has 2 aromatic rings. The Kier molecular flexibility index (Phi) is 3.83. The van der Waals surface area contributed by atoms with Gasteiger partial charge in [0, 0.05) is 43.2 Å². The van der Waals surface area contributed by atoms with Gasteiger partial charge in [-0.25, -0.2) is 0 Å². The minimum Gasteiger partial charge on any atom is -0.350 e. The second kappa shape index (κ2) is 5.98. The molecule has 0 bridgehead atoms. The third-order valence-electron chi connectivity index (χ3n) is 4.99. The van der Waals surface area contributed by atoms with Crippen LogP contribution in [-0.4, -0.2) is 48.0 Å². The Balaban J connectivity index is 1.49. The molecule has 3 heterocycles. The first-order valence-electron chi connectivity index (χ1n) is 8.30. The number of carbonyl (C=O) groups excluding carboxylic acids is 1. The first kappa shape index (κ1) is 14.7. The molecule has 1 aromatic carbocycles. The van der Waals surface area contributed by atoms with Gasteiger partial charge in [0.25, 0.3) is 5.91 Å². The van der Waals surface area contributed by atoms with E-state index in [4.69, 9.17) is 9.47 Å². The smallest absolute Gasteiger partial charge is 0.256 e. The number of fused-ring (bicyclic) bond motifs is 1. The standard InChI is InChI=1S/C18H22N2O3/c1-19-12-15(14-4-2-3-5-16(14)19)17(21)20-8-6-13(7-9-20)18-22-10-11-23-18/h2-5,12-13,18H,6-11H2,1H3. The lowest BCUT2D eigenvalue weighted by atomic mass is 9.95. The summed E-state index contributed by atoms with van der Waals surface area (Å²) in [6.45, 7) is 2.94. The second-order valence-electron chi connectivity index (χ2n) is 6.41. The van der Waals surface area contributed by atoms with E-state index in [0.29, 0.717) is 19.1 Å². The summed E-state index contributed by atoms with van der Waals surface area (Å²) < 4.78 is 13.2. The minimum absolute atomic E-state index is 0.0650. The van der Waals surface area contributed by atoms with Crippen LogP contribution in [-0.2, 0) is 16.5 Å². The van der Waals surface area contributed by atoms with Crippen LogP contribution in [0.15, 0.2) is 30.5 Å². The van der Waals surface area contributed by atoms with Crippen LogP contribution in [0.4, 0.5) is 0 Å². The Bertz CT molecular complexity index is 710. The van der Waals surface area contributed by atoms with Crippen LogP contribution >= 0.6 is 0 Å². The summed E-state index contributed by atoms with van der Waals surface area (Å²) >= 11 is 0. The molecule has 0 radical (unpaired) electrons. The van der Waals surface area contributed by atoms with Crippen molar-refractivity contribution in [1.29, 1.82) is 0 Å². The summed E-state index contributed by atoms with van der Waals surface area (Å²) in [5.41, 5.74) is 1.90. The summed E-state index contributed by atoms with van der Waals surface area (Å²) in [6, 6.07) is 8.06. The number of amides is 1. The highest BCUT2D eigenvalue weighted by atomic mass is 16.7. The molecule has 0 N–H and O–H groups in total. The molecule has 23 heavy (non-hydrogen) atoms. The SMILES string of the molecule is Cn1cc(C(=O)N2CCC(C3OCCO3)CC2)c2ccccc21. The van der Waals surface area contributed by atoms with Crippen molar-refractivity contribution in [2.45, 2.75) is 19.1 Å². The van der Waals surface area contributed by atoms with Gasteiger partial charge in [0.2, 0.25) is 0 Å². The largest absolute Gasteiger partial charge is 0.350 e. The molecule has 0 spiro atoms. The van der Waals surface area contributed by atoms with Gasteiger partial charge in [-0.05, 0) is 18.9 Å². The van der Waals surface area contributed by atoms with Crippen LogP contribution in [0.1, 0.15) is 23.2 Å². The van der Waals surface area contributed by atoms with Crippen molar-refractivity contribution in [1.82, 2.24) is 9.47 Å². The summed E-state index contributed by atoms with van der Waals surface area (Å²) in [4.78, 5) is 14.9. The lowest BCUT2D eigenvalue weighted by molar-refractivity contribution is -0.0956. The molecule has 0 aliphatic carbocycles. The van der Waals surface area contributed by atoms with E-state index in [-0.39, 0.29) is 12.2 Å². The fourth-order valence-electron chi connectivity index (χ4n) is 3.71. The molecule has 5 heteroatoms. The summed E-state index contributed by atoms with van der Waals surface area (Å²) in [6.07, 6.45) is 3.77. The van der Waals surface area contributed by atoms with Crippen molar-refractivity contribution in [2.75, 3.05) is 26.3 Å². The number of aromatic nitrogens is 1. The maximum Gasteiger partial charge on any atom is 0.256 e. The Morgan fingerprint density at radius 1 is 1.13 bits per heavy atom. The predicted molar refractivity (Wildman–Crippen MR) is 87.2 cm³/mol. The molecule has 0 unspecified atom stereocenters. The number of hydrogen-bond acceptors (Lipinski definition) is 3. The number of carbonyl (C=O) groups is 1. The molecule has 4 rings (SSSR count). The fourth-order valence-corrected chi connectivity index (χ4v) is 3.71. The molecule has 2 saturated heterocycles. The molecular weight excluding hydrogens is 292 g/mol. The minimum atomic E-state index is -0.0650. The van der Waals surface area contributed by atoms with Crippen LogP contribution in [0.25, 0.3) is 10.9 Å². The van der Waals surface area contributed by atoms with Gasteiger partial charge >= 0.3 is 0 Å². The maximum absolute atomic E-state index is 12.9. The third-order valence-corrected chi connectivity index (χ3v) is 4.99. The van der Waals surface area contributed by atoms with Gasteiger partial charge in [-0.2, -0.15) is 0 Å². The van der Waals surface area contributed by atoms with E-state index in [9.17, 15) is 4.79 Å². The van der Waals surface area contributed by atoms with Gasteiger partial charge in [0.1, 0.15) is 0 Å². The quantitative estimate of drug-likeness (QED) is 0.855. The summed E-state index contributed by atoms with van der Waals surface area (Å²) in [5, 5.41) is 1.03. The first-order valence-corrected chi connectivity index (χ1v) is 8.30. The highest BCUT2D eigenvalue weighted by molar-refractivity contribution is 6.07. The molecule has 0 atom stereocenters. The van der Waals surface area contributed by atoms with E-state index >= 15 is 0 Å². The van der Waals surface area contributed by atoms with E-state index in [0.717, 1.165) is 42.4 Å². The zero-order valence-electron chi connectivity index (χ0n) is 13.4. The lowest BCUT2D eigenvalue weighted by Gasteiger charge is -2.33. The molecule has 2 aliphatic heterocycles. The number of rotatable bonds is 2. The molecule has 5 nitrogen and oxygen atoms in total. The van der Waals surface area contributed by atoms with Crippen molar-refractivity contribution in [2.24, 2.45) is 13.0 Å². The fraction of sp³-hybridized carbons (Fsp3) is 0.500. The van der Waals surface area contributed by atoms with Gasteiger partial charge < -0.3 is 18.9 Å². The van der Waals surface area contributed by atoms with Crippen LogP contribution in [0.3, 0.4) is 0 Å². The zero-order chi connectivity index (χ0) is 15.8. The third kappa shape index (κ3) is 2.64. The number of piperidine rings is 1. The summed E-state index contributed by atoms with van der Waals surface area (Å²) in [5.74, 6) is 0.544. The number of hydrogen-bond donors (Lipinski definition) is 0. The number of likely N-dealkylation sites (tertiary alicyclic amines) is 1. The topological polar surface area (TPSA) is 43.7 Å². The van der Waals surface area contributed by atoms with E-state index in [1.165, 1.54) is 0 Å². The molecule has 1 amide bonds. The Hall–Kier alpha value is -1.85. The highest BCUT2D eigenvalue weighted by Gasteiger charge is 2.32. The van der Waals surface area contributed by atoms with Crippen LogP contribution < -0.4 is 0 Å². The van der Waals surface area contributed by atoms with Crippen molar-refractivity contribution >= 4 is 16.8 Å². The monoisotopic (exact) mass is 314 g/mol. The number of benzene rings is 1. The number of nitrogens with zero attached hydrogens (tertiary/aromatic N) is 2. The number of para-hydroxylation sites is 1. The van der Waals surface area contributed by atoms with Crippen molar-refractivity contribution < 1.29 is 14.3 Å². The zero-order valence-corrected chi connectivity index (χ0v) is 13.4. The van der Waals surface area contributed by atoms with Crippen molar-refractivity contribution in [3.8, 4) is 0 Å². The van der Waals surface area contributed by atoms with Crippen LogP contribution in [0, 0.1) is 5.92 Å². The van der Waals surface area contributed by atoms with E-state index < -0.39 is 0 Å². The maximum atomic E-state index is 12.9. The van der Waals surface area contributed by atoms with Crippen molar-refractivity contribution in [3.63, 3.8) is 0 Å². The van der Waals surface area contributed by atoms with Gasteiger partial charge in [-0.3, -0.25) is 4.79 Å². The van der Waals surface area contributed by atoms with Gasteiger partial charge in [0.15, 0.2) is 6.29 Å². The second-order valence-corrected chi connectivity index (χ2v) is 6.41. The molecule has 0 saturated carbocycles. The predicted octanol–water partition coefficient (Wildman–Crippen LogP) is 2.40. The summed E-state index contributed by atoms with van der Waals surface area (Å²) in [7, 11) is 1.99. The van der Waals surface area contributed by atoms with Crippen LogP contribution in [0.2, 0.25) is 0 Å².